The van der Waals surface area contributed by atoms with Gasteiger partial charge in [0.1, 0.15) is 5.75 Å². The molecule has 0 aliphatic heterocycles. The topological polar surface area (TPSA) is 80.4 Å². The van der Waals surface area contributed by atoms with E-state index in [1.54, 1.807) is 16.6 Å². The number of rotatable bonds is 2. The number of Topliss-reactive ketones (excluding diaryl/α,β-unsaturated/α-hetero) is 1. The summed E-state index contributed by atoms with van der Waals surface area (Å²) >= 11 is 0. The van der Waals surface area contributed by atoms with Crippen LogP contribution in [0.1, 0.15) is 39.8 Å². The van der Waals surface area contributed by atoms with Gasteiger partial charge in [-0.1, -0.05) is 48.5 Å². The van der Waals surface area contributed by atoms with Crippen LogP contribution in [0.2, 0.25) is 0 Å². The van der Waals surface area contributed by atoms with Crippen molar-refractivity contribution >= 4 is 11.4 Å². The van der Waals surface area contributed by atoms with Crippen LogP contribution >= 0.6 is 0 Å². The molecule has 1 N–H and O–H groups in total. The molecule has 0 amide bonds. The molecule has 6 nitrogen and oxygen atoms in total. The van der Waals surface area contributed by atoms with Gasteiger partial charge >= 0.3 is 0 Å². The van der Waals surface area contributed by atoms with Gasteiger partial charge in [-0.3, -0.25) is 4.79 Å². The summed E-state index contributed by atoms with van der Waals surface area (Å²) in [5, 5.41) is 23.5. The van der Waals surface area contributed by atoms with Gasteiger partial charge in [-0.2, -0.15) is 5.10 Å². The van der Waals surface area contributed by atoms with Gasteiger partial charge in [0.15, 0.2) is 17.1 Å². The van der Waals surface area contributed by atoms with Gasteiger partial charge in [-0.15, -0.1) is 10.2 Å². The first-order valence-electron chi connectivity index (χ1n) is 9.25. The van der Waals surface area contributed by atoms with Gasteiger partial charge < -0.3 is 5.11 Å². The first kappa shape index (κ1) is 16.6. The molecule has 4 aromatic rings. The second-order valence-corrected chi connectivity index (χ2v) is 7.14. The first-order valence-corrected chi connectivity index (χ1v) is 9.25. The van der Waals surface area contributed by atoms with Gasteiger partial charge in [-0.25, -0.2) is 4.52 Å². The third-order valence-corrected chi connectivity index (χ3v) is 5.38. The third kappa shape index (κ3) is 2.49. The average molecular weight is 370 g/mol. The van der Waals surface area contributed by atoms with Crippen LogP contribution in [0.15, 0.2) is 54.6 Å². The molecule has 0 saturated carbocycles. The Labute approximate surface area is 161 Å². The Morgan fingerprint density at radius 3 is 2.54 bits per heavy atom. The number of aromatic nitrogens is 4. The molecule has 1 aliphatic carbocycles. The number of benzene rings is 2. The normalized spacial score (nSPS) is 16.3. The molecule has 6 heteroatoms. The minimum atomic E-state index is -0.113. The van der Waals surface area contributed by atoms with Crippen LogP contribution in [-0.2, 0) is 6.42 Å². The van der Waals surface area contributed by atoms with Gasteiger partial charge in [0, 0.05) is 12.3 Å². The average Bonchev–Trinajstić information content (AvgIpc) is 3.05. The summed E-state index contributed by atoms with van der Waals surface area (Å²) in [5.74, 6) is 0.0280. The molecule has 0 radical (unpaired) electrons. The molecule has 1 aliphatic rings. The van der Waals surface area contributed by atoms with Crippen molar-refractivity contribution in [3.63, 3.8) is 0 Å². The molecule has 0 spiro atoms. The Balaban J connectivity index is 1.69. The highest BCUT2D eigenvalue weighted by molar-refractivity contribution is 5.97. The minimum Gasteiger partial charge on any atom is -0.508 e. The molecular formula is C22H18N4O2. The molecule has 138 valence electrons. The molecule has 0 fully saturated rings. The molecule has 1 atom stereocenters. The quantitative estimate of drug-likeness (QED) is 0.582. The number of aryl methyl sites for hydroxylation is 1. The molecule has 0 bridgehead atoms. The molecule has 5 rings (SSSR count). The van der Waals surface area contributed by atoms with E-state index in [-0.39, 0.29) is 17.5 Å². The van der Waals surface area contributed by atoms with E-state index in [4.69, 9.17) is 0 Å². The van der Waals surface area contributed by atoms with Crippen molar-refractivity contribution in [2.45, 2.75) is 25.7 Å². The molecule has 2 heterocycles. The van der Waals surface area contributed by atoms with Crippen molar-refractivity contribution in [2.24, 2.45) is 0 Å². The van der Waals surface area contributed by atoms with E-state index >= 15 is 0 Å². The number of phenolic OH excluding ortho intramolecular Hbond substituents is 1. The number of ketones is 1. The molecule has 0 saturated heterocycles. The smallest absolute Gasteiger partial charge is 0.185 e. The second-order valence-electron chi connectivity index (χ2n) is 7.14. The number of para-hydroxylation sites is 1. The monoisotopic (exact) mass is 370 g/mol. The summed E-state index contributed by atoms with van der Waals surface area (Å²) in [6.07, 6.45) is 0.872. The minimum absolute atomic E-state index is 0.0710. The molecule has 28 heavy (non-hydrogen) atoms. The molecule has 1 unspecified atom stereocenters. The lowest BCUT2D eigenvalue weighted by atomic mass is 9.83. The van der Waals surface area contributed by atoms with E-state index in [2.05, 4.69) is 15.3 Å². The van der Waals surface area contributed by atoms with Crippen LogP contribution in [0.4, 0.5) is 0 Å². The molecule has 2 aromatic heterocycles. The fraction of sp³-hybridized carbons (Fsp3) is 0.182. The predicted octanol–water partition coefficient (Wildman–Crippen LogP) is 3.72. The number of carbonyl (C=O) groups excluding carboxylic acids is 1. The van der Waals surface area contributed by atoms with Crippen molar-refractivity contribution in [3.05, 3.63) is 77.2 Å². The summed E-state index contributed by atoms with van der Waals surface area (Å²) in [7, 11) is 0. The Bertz CT molecular complexity index is 1210. The highest BCUT2D eigenvalue weighted by Gasteiger charge is 2.32. The number of aromatic hydroxyl groups is 1. The second kappa shape index (κ2) is 6.27. The van der Waals surface area contributed by atoms with Gasteiger partial charge in [0.05, 0.1) is 17.0 Å². The fourth-order valence-corrected chi connectivity index (χ4v) is 4.07. The van der Waals surface area contributed by atoms with Crippen molar-refractivity contribution in [2.75, 3.05) is 0 Å². The number of phenols is 1. The van der Waals surface area contributed by atoms with Crippen LogP contribution in [-0.4, -0.2) is 30.7 Å². The van der Waals surface area contributed by atoms with Crippen LogP contribution in [0.5, 0.6) is 5.75 Å². The van der Waals surface area contributed by atoms with E-state index in [9.17, 15) is 9.90 Å². The van der Waals surface area contributed by atoms with Crippen molar-refractivity contribution in [3.8, 4) is 16.9 Å². The largest absolute Gasteiger partial charge is 0.508 e. The summed E-state index contributed by atoms with van der Waals surface area (Å²) in [6.45, 7) is 1.94. The zero-order valence-corrected chi connectivity index (χ0v) is 15.3. The number of fused-ring (bicyclic) bond motifs is 3. The zero-order valence-electron chi connectivity index (χ0n) is 15.3. The first-order chi connectivity index (χ1) is 13.6. The van der Waals surface area contributed by atoms with E-state index in [1.807, 2.05) is 49.4 Å². The zero-order chi connectivity index (χ0) is 19.3. The van der Waals surface area contributed by atoms with Crippen LogP contribution < -0.4 is 0 Å². The van der Waals surface area contributed by atoms with E-state index in [0.29, 0.717) is 24.2 Å². The van der Waals surface area contributed by atoms with Crippen LogP contribution in [0.3, 0.4) is 0 Å². The van der Waals surface area contributed by atoms with Crippen LogP contribution in [0, 0.1) is 6.92 Å². The highest BCUT2D eigenvalue weighted by Crippen LogP contribution is 2.37. The van der Waals surface area contributed by atoms with Crippen molar-refractivity contribution in [1.29, 1.82) is 0 Å². The Morgan fingerprint density at radius 1 is 1.00 bits per heavy atom. The van der Waals surface area contributed by atoms with Crippen LogP contribution in [0.25, 0.3) is 16.8 Å². The lowest BCUT2D eigenvalue weighted by molar-refractivity contribution is 0.0955. The summed E-state index contributed by atoms with van der Waals surface area (Å²) in [4.78, 5) is 12.8. The number of hydrogen-bond acceptors (Lipinski definition) is 5. The fourth-order valence-electron chi connectivity index (χ4n) is 4.07. The van der Waals surface area contributed by atoms with E-state index < -0.39 is 0 Å². The Kier molecular flexibility index (Phi) is 3.72. The van der Waals surface area contributed by atoms with Gasteiger partial charge in [0.2, 0.25) is 0 Å². The summed E-state index contributed by atoms with van der Waals surface area (Å²) in [5.41, 5.74) is 5.33. The predicted molar refractivity (Wildman–Crippen MR) is 104 cm³/mol. The lowest BCUT2D eigenvalue weighted by Crippen LogP contribution is -2.24. The highest BCUT2D eigenvalue weighted by atomic mass is 16.3. The maximum atomic E-state index is 12.8. The summed E-state index contributed by atoms with van der Waals surface area (Å²) in [6, 6.07) is 17.1. The maximum absolute atomic E-state index is 12.8. The summed E-state index contributed by atoms with van der Waals surface area (Å²) < 4.78 is 1.75. The SMILES string of the molecule is Cc1nn2c3c(nnc2c1-c1ccccc1)C(=O)CC(c1ccccc1O)C3. The number of carbonyl (C=O) groups is 1. The van der Waals surface area contributed by atoms with Gasteiger partial charge in [0.25, 0.3) is 0 Å². The van der Waals surface area contributed by atoms with E-state index in [1.165, 1.54) is 0 Å². The third-order valence-electron chi connectivity index (χ3n) is 5.38. The van der Waals surface area contributed by atoms with Crippen molar-refractivity contribution in [1.82, 2.24) is 19.8 Å². The Hall–Kier alpha value is -3.54. The number of nitrogens with zero attached hydrogens (tertiary/aromatic N) is 4. The standard InChI is InChI=1S/C22H18N4O2/c1-13-20(14-7-3-2-4-8-14)22-24-23-21-17(26(22)25-13)11-15(12-19(21)28)16-9-5-6-10-18(16)27/h2-10,15,27H,11-12H2,1H3. The Morgan fingerprint density at radius 2 is 1.75 bits per heavy atom. The van der Waals surface area contributed by atoms with Gasteiger partial charge in [-0.05, 0) is 30.5 Å². The lowest BCUT2D eigenvalue weighted by Gasteiger charge is -2.23. The molecular weight excluding hydrogens is 352 g/mol. The molecule has 2 aromatic carbocycles. The number of hydrogen-bond donors (Lipinski definition) is 1. The van der Waals surface area contributed by atoms with E-state index in [0.717, 1.165) is 28.1 Å². The van der Waals surface area contributed by atoms with Crippen molar-refractivity contribution < 1.29 is 9.90 Å². The maximum Gasteiger partial charge on any atom is 0.185 e.